The first-order valence-corrected chi connectivity index (χ1v) is 9.66. The standard InChI is InChI=1S/C21H26N4O3/c1-17-5-4-6-18(15-17)28-14-3-2-7-20(26)24-10-12-25(13-11-24)21(27)19-16-22-8-9-23-19/h4-6,8-9,15-16H,2-3,7,10-14H2,1H3. The van der Waals surface area contributed by atoms with Crippen LogP contribution >= 0.6 is 0 Å². The monoisotopic (exact) mass is 382 g/mol. The molecule has 1 aliphatic heterocycles. The Morgan fingerprint density at radius 1 is 1.07 bits per heavy atom. The molecular formula is C21H26N4O3. The Bertz CT molecular complexity index is 789. The van der Waals surface area contributed by atoms with Gasteiger partial charge in [0.1, 0.15) is 11.4 Å². The summed E-state index contributed by atoms with van der Waals surface area (Å²) in [5.74, 6) is 0.880. The van der Waals surface area contributed by atoms with E-state index in [2.05, 4.69) is 9.97 Å². The molecular weight excluding hydrogens is 356 g/mol. The van der Waals surface area contributed by atoms with E-state index < -0.39 is 0 Å². The number of hydrogen-bond donors (Lipinski definition) is 0. The second kappa shape index (κ2) is 9.82. The molecule has 1 saturated heterocycles. The number of aryl methyl sites for hydroxylation is 1. The number of unbranched alkanes of at least 4 members (excludes halogenated alkanes) is 1. The Balaban J connectivity index is 1.33. The number of piperazine rings is 1. The number of amides is 2. The third-order valence-corrected chi connectivity index (χ3v) is 4.75. The largest absolute Gasteiger partial charge is 0.494 e. The van der Waals surface area contributed by atoms with Crippen LogP contribution in [0.3, 0.4) is 0 Å². The quantitative estimate of drug-likeness (QED) is 0.687. The number of nitrogens with zero attached hydrogens (tertiary/aromatic N) is 4. The van der Waals surface area contributed by atoms with Crippen molar-refractivity contribution in [2.24, 2.45) is 0 Å². The zero-order chi connectivity index (χ0) is 19.8. The molecule has 0 unspecified atom stereocenters. The third-order valence-electron chi connectivity index (χ3n) is 4.75. The second-order valence-corrected chi connectivity index (χ2v) is 6.89. The fourth-order valence-corrected chi connectivity index (χ4v) is 3.16. The van der Waals surface area contributed by atoms with Gasteiger partial charge in [-0.15, -0.1) is 0 Å². The van der Waals surface area contributed by atoms with E-state index in [-0.39, 0.29) is 11.8 Å². The maximum atomic E-state index is 12.4. The molecule has 1 aliphatic rings. The van der Waals surface area contributed by atoms with Crippen LogP contribution in [0.15, 0.2) is 42.9 Å². The summed E-state index contributed by atoms with van der Waals surface area (Å²) in [5, 5.41) is 0. The minimum Gasteiger partial charge on any atom is -0.494 e. The Labute approximate surface area is 165 Å². The zero-order valence-corrected chi connectivity index (χ0v) is 16.2. The van der Waals surface area contributed by atoms with Crippen molar-refractivity contribution < 1.29 is 14.3 Å². The van der Waals surface area contributed by atoms with Gasteiger partial charge >= 0.3 is 0 Å². The van der Waals surface area contributed by atoms with Crippen LogP contribution in [0.5, 0.6) is 5.75 Å². The topological polar surface area (TPSA) is 75.6 Å². The lowest BCUT2D eigenvalue weighted by Crippen LogP contribution is -2.50. The van der Waals surface area contributed by atoms with E-state index in [9.17, 15) is 9.59 Å². The molecule has 2 aromatic rings. The highest BCUT2D eigenvalue weighted by molar-refractivity contribution is 5.92. The molecule has 2 amide bonds. The number of carbonyl (C=O) groups is 2. The predicted molar refractivity (Wildman–Crippen MR) is 105 cm³/mol. The molecule has 0 saturated carbocycles. The summed E-state index contributed by atoms with van der Waals surface area (Å²) in [4.78, 5) is 36.3. The van der Waals surface area contributed by atoms with E-state index in [0.717, 1.165) is 18.6 Å². The van der Waals surface area contributed by atoms with Gasteiger partial charge in [0.2, 0.25) is 5.91 Å². The van der Waals surface area contributed by atoms with Crippen molar-refractivity contribution in [3.8, 4) is 5.75 Å². The summed E-state index contributed by atoms with van der Waals surface area (Å²) in [5.41, 5.74) is 1.51. The van der Waals surface area contributed by atoms with Crippen molar-refractivity contribution >= 4 is 11.8 Å². The fourth-order valence-electron chi connectivity index (χ4n) is 3.16. The van der Waals surface area contributed by atoms with Crippen LogP contribution in [0.4, 0.5) is 0 Å². The van der Waals surface area contributed by atoms with Crippen LogP contribution < -0.4 is 4.74 Å². The Morgan fingerprint density at radius 3 is 2.57 bits per heavy atom. The molecule has 0 spiro atoms. The van der Waals surface area contributed by atoms with Crippen LogP contribution in [0.1, 0.15) is 35.3 Å². The first-order chi connectivity index (χ1) is 13.6. The van der Waals surface area contributed by atoms with E-state index in [4.69, 9.17) is 4.74 Å². The first kappa shape index (κ1) is 19.8. The van der Waals surface area contributed by atoms with Gasteiger partial charge in [0.15, 0.2) is 0 Å². The molecule has 28 heavy (non-hydrogen) atoms. The number of benzene rings is 1. The minimum absolute atomic E-state index is 0.131. The highest BCUT2D eigenvalue weighted by atomic mass is 16.5. The summed E-state index contributed by atoms with van der Waals surface area (Å²) in [6, 6.07) is 7.96. The lowest BCUT2D eigenvalue weighted by atomic mass is 10.2. The predicted octanol–water partition coefficient (Wildman–Crippen LogP) is 2.32. The smallest absolute Gasteiger partial charge is 0.274 e. The molecule has 3 rings (SSSR count). The molecule has 0 aliphatic carbocycles. The summed E-state index contributed by atoms with van der Waals surface area (Å²) >= 11 is 0. The van der Waals surface area contributed by atoms with Crippen molar-refractivity contribution in [3.05, 3.63) is 54.1 Å². The maximum absolute atomic E-state index is 12.4. The van der Waals surface area contributed by atoms with Gasteiger partial charge in [-0.1, -0.05) is 12.1 Å². The van der Waals surface area contributed by atoms with Gasteiger partial charge in [0, 0.05) is 45.0 Å². The van der Waals surface area contributed by atoms with Crippen molar-refractivity contribution in [1.82, 2.24) is 19.8 Å². The van der Waals surface area contributed by atoms with Gasteiger partial charge in [-0.3, -0.25) is 14.6 Å². The Kier molecular flexibility index (Phi) is 6.94. The lowest BCUT2D eigenvalue weighted by molar-refractivity contribution is -0.132. The van der Waals surface area contributed by atoms with Crippen LogP contribution in [0.2, 0.25) is 0 Å². The highest BCUT2D eigenvalue weighted by Crippen LogP contribution is 2.13. The van der Waals surface area contributed by atoms with Gasteiger partial charge in [-0.05, 0) is 37.5 Å². The molecule has 7 nitrogen and oxygen atoms in total. The number of ether oxygens (including phenoxy) is 1. The van der Waals surface area contributed by atoms with Crippen molar-refractivity contribution in [2.45, 2.75) is 26.2 Å². The van der Waals surface area contributed by atoms with Gasteiger partial charge < -0.3 is 14.5 Å². The Hall–Kier alpha value is -2.96. The fraction of sp³-hybridized carbons (Fsp3) is 0.429. The number of carbonyl (C=O) groups excluding carboxylic acids is 2. The van der Waals surface area contributed by atoms with Gasteiger partial charge in [0.25, 0.3) is 5.91 Å². The zero-order valence-electron chi connectivity index (χ0n) is 16.2. The summed E-state index contributed by atoms with van der Waals surface area (Å²) in [7, 11) is 0. The molecule has 2 heterocycles. The average Bonchev–Trinajstić information content (AvgIpc) is 2.73. The van der Waals surface area contributed by atoms with Gasteiger partial charge in [0.05, 0.1) is 12.8 Å². The maximum Gasteiger partial charge on any atom is 0.274 e. The van der Waals surface area contributed by atoms with E-state index >= 15 is 0 Å². The summed E-state index contributed by atoms with van der Waals surface area (Å²) in [6.07, 6.45) is 6.66. The minimum atomic E-state index is -0.131. The van der Waals surface area contributed by atoms with Crippen LogP contribution in [0, 0.1) is 6.92 Å². The molecule has 0 bridgehead atoms. The first-order valence-electron chi connectivity index (χ1n) is 9.66. The number of aromatic nitrogens is 2. The molecule has 1 aromatic carbocycles. The van der Waals surface area contributed by atoms with E-state index in [1.54, 1.807) is 11.1 Å². The Morgan fingerprint density at radius 2 is 1.86 bits per heavy atom. The summed E-state index contributed by atoms with van der Waals surface area (Å²) in [6.45, 7) is 4.81. The van der Waals surface area contributed by atoms with Crippen LogP contribution in [0.25, 0.3) is 0 Å². The molecule has 0 radical (unpaired) electrons. The third kappa shape index (κ3) is 5.52. The van der Waals surface area contributed by atoms with Crippen LogP contribution in [-0.2, 0) is 4.79 Å². The van der Waals surface area contributed by atoms with E-state index in [0.29, 0.717) is 44.9 Å². The van der Waals surface area contributed by atoms with Crippen molar-refractivity contribution in [3.63, 3.8) is 0 Å². The van der Waals surface area contributed by atoms with Crippen molar-refractivity contribution in [1.29, 1.82) is 0 Å². The van der Waals surface area contributed by atoms with Gasteiger partial charge in [-0.25, -0.2) is 4.98 Å². The van der Waals surface area contributed by atoms with E-state index in [1.165, 1.54) is 18.0 Å². The molecule has 0 N–H and O–H groups in total. The average molecular weight is 382 g/mol. The molecule has 7 heteroatoms. The highest BCUT2D eigenvalue weighted by Gasteiger charge is 2.25. The normalized spacial score (nSPS) is 14.0. The molecule has 148 valence electrons. The number of hydrogen-bond acceptors (Lipinski definition) is 5. The SMILES string of the molecule is Cc1cccc(OCCCCC(=O)N2CCN(C(=O)c3cnccn3)CC2)c1. The van der Waals surface area contributed by atoms with Gasteiger partial charge in [-0.2, -0.15) is 0 Å². The molecule has 0 atom stereocenters. The van der Waals surface area contributed by atoms with Crippen LogP contribution in [-0.4, -0.2) is 64.4 Å². The molecule has 1 aromatic heterocycles. The molecule has 1 fully saturated rings. The van der Waals surface area contributed by atoms with Crippen molar-refractivity contribution in [2.75, 3.05) is 32.8 Å². The number of rotatable bonds is 7. The lowest BCUT2D eigenvalue weighted by Gasteiger charge is -2.34. The second-order valence-electron chi connectivity index (χ2n) is 6.89. The van der Waals surface area contributed by atoms with E-state index in [1.807, 2.05) is 36.1 Å². The summed E-state index contributed by atoms with van der Waals surface area (Å²) < 4.78 is 5.72.